The number of amides is 1. The highest BCUT2D eigenvalue weighted by atomic mass is 32.1. The Morgan fingerprint density at radius 1 is 1.61 bits per heavy atom. The molecule has 1 aromatic heterocycles. The molecule has 0 saturated carbocycles. The topological polar surface area (TPSA) is 59.2 Å². The number of carbonyl (C=O) groups is 1. The Kier molecular flexibility index (Phi) is 5.22. The number of aryl methyl sites for hydroxylation is 1. The molecule has 0 aromatic carbocycles. The van der Waals surface area contributed by atoms with Gasteiger partial charge in [0.2, 0.25) is 0 Å². The largest absolute Gasteiger partial charge is 0.393 e. The molecule has 0 bridgehead atoms. The smallest absolute Gasteiger partial charge is 0.253 e. The van der Waals surface area contributed by atoms with E-state index in [0.717, 1.165) is 5.69 Å². The van der Waals surface area contributed by atoms with Crippen LogP contribution in [0.15, 0.2) is 18.3 Å². The molecule has 1 unspecified atom stereocenters. The first-order chi connectivity index (χ1) is 8.45. The summed E-state index contributed by atoms with van der Waals surface area (Å²) in [5.41, 5.74) is 7.07. The van der Waals surface area contributed by atoms with Gasteiger partial charge in [-0.3, -0.25) is 9.78 Å². The molecule has 0 radical (unpaired) electrons. The summed E-state index contributed by atoms with van der Waals surface area (Å²) in [6.45, 7) is 6.91. The Bertz CT molecular complexity index is 448. The number of thiocarbonyl (C=S) groups is 1. The van der Waals surface area contributed by atoms with Gasteiger partial charge < -0.3 is 10.6 Å². The van der Waals surface area contributed by atoms with Crippen LogP contribution in [0.4, 0.5) is 0 Å². The summed E-state index contributed by atoms with van der Waals surface area (Å²) in [6.07, 6.45) is 1.65. The fraction of sp³-hybridized carbons (Fsp3) is 0.462. The van der Waals surface area contributed by atoms with Gasteiger partial charge in [-0.2, -0.15) is 0 Å². The summed E-state index contributed by atoms with van der Waals surface area (Å²) >= 11 is 4.94. The monoisotopic (exact) mass is 265 g/mol. The molecule has 0 aliphatic heterocycles. The number of nitrogens with zero attached hydrogens (tertiary/aromatic N) is 2. The highest BCUT2D eigenvalue weighted by Gasteiger charge is 2.18. The van der Waals surface area contributed by atoms with Crippen molar-refractivity contribution in [3.63, 3.8) is 0 Å². The van der Waals surface area contributed by atoms with Crippen molar-refractivity contribution in [3.05, 3.63) is 29.6 Å². The first kappa shape index (κ1) is 14.6. The van der Waals surface area contributed by atoms with Crippen LogP contribution in [0, 0.1) is 12.8 Å². The first-order valence-corrected chi connectivity index (χ1v) is 6.37. The van der Waals surface area contributed by atoms with E-state index in [0.29, 0.717) is 23.6 Å². The fourth-order valence-corrected chi connectivity index (χ4v) is 1.71. The SMILES string of the molecule is CCN(CC(C)C(N)=S)C(=O)c1ccnc(C)c1. The lowest BCUT2D eigenvalue weighted by atomic mass is 10.1. The summed E-state index contributed by atoms with van der Waals surface area (Å²) in [5, 5.41) is 0. The molecule has 0 aliphatic carbocycles. The highest BCUT2D eigenvalue weighted by molar-refractivity contribution is 7.80. The average molecular weight is 265 g/mol. The molecule has 2 N–H and O–H groups in total. The van der Waals surface area contributed by atoms with Crippen LogP contribution >= 0.6 is 12.2 Å². The second kappa shape index (κ2) is 6.44. The van der Waals surface area contributed by atoms with E-state index in [1.807, 2.05) is 20.8 Å². The Labute approximate surface area is 113 Å². The molecular formula is C13H19N3OS. The van der Waals surface area contributed by atoms with Gasteiger partial charge in [-0.15, -0.1) is 0 Å². The van der Waals surface area contributed by atoms with Crippen LogP contribution in [-0.2, 0) is 0 Å². The van der Waals surface area contributed by atoms with Crippen molar-refractivity contribution in [1.82, 2.24) is 9.88 Å². The van der Waals surface area contributed by atoms with Gasteiger partial charge in [0.25, 0.3) is 5.91 Å². The van der Waals surface area contributed by atoms with E-state index in [2.05, 4.69) is 4.98 Å². The lowest BCUT2D eigenvalue weighted by molar-refractivity contribution is 0.0754. The third kappa shape index (κ3) is 3.77. The quantitative estimate of drug-likeness (QED) is 0.824. The van der Waals surface area contributed by atoms with Crippen LogP contribution in [0.25, 0.3) is 0 Å². The third-order valence-corrected chi connectivity index (χ3v) is 3.19. The van der Waals surface area contributed by atoms with E-state index in [9.17, 15) is 4.79 Å². The molecule has 1 aromatic rings. The van der Waals surface area contributed by atoms with Crippen LogP contribution in [0.3, 0.4) is 0 Å². The van der Waals surface area contributed by atoms with E-state index >= 15 is 0 Å². The van der Waals surface area contributed by atoms with Crippen LogP contribution in [0.5, 0.6) is 0 Å². The molecule has 1 atom stereocenters. The molecule has 0 spiro atoms. The fourth-order valence-electron chi connectivity index (χ4n) is 1.64. The Hall–Kier alpha value is -1.49. The zero-order chi connectivity index (χ0) is 13.7. The van der Waals surface area contributed by atoms with Crippen LogP contribution in [0.1, 0.15) is 29.9 Å². The molecule has 98 valence electrons. The molecule has 1 rings (SSSR count). The zero-order valence-electron chi connectivity index (χ0n) is 11.0. The number of aromatic nitrogens is 1. The third-order valence-electron chi connectivity index (χ3n) is 2.79. The van der Waals surface area contributed by atoms with E-state index in [1.165, 1.54) is 0 Å². The summed E-state index contributed by atoms with van der Waals surface area (Å²) in [6, 6.07) is 3.51. The number of hydrogen-bond donors (Lipinski definition) is 1. The Morgan fingerprint density at radius 3 is 2.78 bits per heavy atom. The molecule has 1 amide bonds. The minimum atomic E-state index is -0.00824. The van der Waals surface area contributed by atoms with Crippen molar-refractivity contribution < 1.29 is 4.79 Å². The average Bonchev–Trinajstić information content (AvgIpc) is 2.34. The maximum absolute atomic E-state index is 12.3. The number of carbonyl (C=O) groups excluding carboxylic acids is 1. The molecule has 4 nitrogen and oxygen atoms in total. The van der Waals surface area contributed by atoms with E-state index in [-0.39, 0.29) is 11.8 Å². The number of pyridine rings is 1. The number of nitrogens with two attached hydrogens (primary N) is 1. The minimum Gasteiger partial charge on any atom is -0.393 e. The molecule has 1 heterocycles. The maximum atomic E-state index is 12.3. The molecule has 18 heavy (non-hydrogen) atoms. The van der Waals surface area contributed by atoms with Crippen molar-refractivity contribution >= 4 is 23.1 Å². The standard InChI is InChI=1S/C13H19N3OS/c1-4-16(8-9(2)12(14)18)13(17)11-5-6-15-10(3)7-11/h5-7,9H,4,8H2,1-3H3,(H2,14,18). The van der Waals surface area contributed by atoms with Gasteiger partial charge in [0, 0.05) is 36.5 Å². The van der Waals surface area contributed by atoms with Crippen molar-refractivity contribution in [2.45, 2.75) is 20.8 Å². The number of hydrogen-bond acceptors (Lipinski definition) is 3. The van der Waals surface area contributed by atoms with Crippen LogP contribution < -0.4 is 5.73 Å². The number of rotatable bonds is 5. The molecule has 0 aliphatic rings. The van der Waals surface area contributed by atoms with Gasteiger partial charge in [-0.05, 0) is 26.0 Å². The second-order valence-corrected chi connectivity index (χ2v) is 4.80. The van der Waals surface area contributed by atoms with E-state index in [4.69, 9.17) is 18.0 Å². The molecule has 0 saturated heterocycles. The van der Waals surface area contributed by atoms with Crippen LogP contribution in [-0.4, -0.2) is 33.9 Å². The van der Waals surface area contributed by atoms with Gasteiger partial charge in [0.15, 0.2) is 0 Å². The predicted molar refractivity (Wildman–Crippen MR) is 76.5 cm³/mol. The van der Waals surface area contributed by atoms with Crippen molar-refractivity contribution in [2.75, 3.05) is 13.1 Å². The van der Waals surface area contributed by atoms with Gasteiger partial charge in [0.1, 0.15) is 0 Å². The zero-order valence-corrected chi connectivity index (χ0v) is 11.8. The van der Waals surface area contributed by atoms with Crippen molar-refractivity contribution in [3.8, 4) is 0 Å². The summed E-state index contributed by atoms with van der Waals surface area (Å²) in [4.78, 5) is 18.6. The minimum absolute atomic E-state index is 0.00824. The van der Waals surface area contributed by atoms with Gasteiger partial charge in [0.05, 0.1) is 4.99 Å². The maximum Gasteiger partial charge on any atom is 0.253 e. The lowest BCUT2D eigenvalue weighted by Crippen LogP contribution is -2.38. The lowest BCUT2D eigenvalue weighted by Gasteiger charge is -2.24. The first-order valence-electron chi connectivity index (χ1n) is 5.97. The van der Waals surface area contributed by atoms with Gasteiger partial charge in [-0.25, -0.2) is 0 Å². The molecule has 0 fully saturated rings. The summed E-state index contributed by atoms with van der Waals surface area (Å²) in [7, 11) is 0. The van der Waals surface area contributed by atoms with Gasteiger partial charge >= 0.3 is 0 Å². The highest BCUT2D eigenvalue weighted by Crippen LogP contribution is 2.08. The molecular weight excluding hydrogens is 246 g/mol. The van der Waals surface area contributed by atoms with Crippen LogP contribution in [0.2, 0.25) is 0 Å². The summed E-state index contributed by atoms with van der Waals surface area (Å²) < 4.78 is 0. The Balaban J connectivity index is 2.82. The van der Waals surface area contributed by atoms with Crippen molar-refractivity contribution in [2.24, 2.45) is 11.7 Å². The Morgan fingerprint density at radius 2 is 2.28 bits per heavy atom. The van der Waals surface area contributed by atoms with E-state index < -0.39 is 0 Å². The van der Waals surface area contributed by atoms with Gasteiger partial charge in [-0.1, -0.05) is 19.1 Å². The molecule has 5 heteroatoms. The predicted octanol–water partition coefficient (Wildman–Crippen LogP) is 1.77. The second-order valence-electron chi connectivity index (χ2n) is 4.33. The normalized spacial score (nSPS) is 11.9. The van der Waals surface area contributed by atoms with E-state index in [1.54, 1.807) is 23.2 Å². The van der Waals surface area contributed by atoms with Crippen molar-refractivity contribution in [1.29, 1.82) is 0 Å². The summed E-state index contributed by atoms with van der Waals surface area (Å²) in [5.74, 6) is 0.0120.